The number of carbonyl (C=O) groups is 3. The second-order valence-electron chi connectivity index (χ2n) is 10.6. The molecule has 2 heterocycles. The van der Waals surface area contributed by atoms with E-state index >= 15 is 0 Å². The minimum Gasteiger partial charge on any atom is -0.493 e. The molecule has 10 nitrogen and oxygen atoms in total. The molecule has 0 saturated carbocycles. The molecule has 2 aromatic rings. The lowest BCUT2D eigenvalue weighted by molar-refractivity contribution is -0.137. The van der Waals surface area contributed by atoms with Gasteiger partial charge in [0.15, 0.2) is 11.5 Å². The second-order valence-corrected chi connectivity index (χ2v) is 10.6. The average Bonchev–Trinajstić information content (AvgIpc) is 3.66. The molecule has 0 radical (unpaired) electrons. The molecule has 3 N–H and O–H groups in total. The van der Waals surface area contributed by atoms with Crippen molar-refractivity contribution in [1.82, 2.24) is 10.2 Å². The van der Waals surface area contributed by atoms with Crippen LogP contribution in [0.25, 0.3) is 0 Å². The molecule has 13 heteroatoms. The summed E-state index contributed by atoms with van der Waals surface area (Å²) in [4.78, 5) is 40.3. The van der Waals surface area contributed by atoms with Crippen LogP contribution in [0.4, 0.5) is 13.2 Å². The van der Waals surface area contributed by atoms with Crippen molar-refractivity contribution in [3.8, 4) is 11.5 Å². The van der Waals surface area contributed by atoms with E-state index in [0.29, 0.717) is 24.9 Å². The van der Waals surface area contributed by atoms with Gasteiger partial charge >= 0.3 is 6.18 Å². The Balaban J connectivity index is 1.59. The smallest absolute Gasteiger partial charge is 0.416 e. The minimum absolute atomic E-state index is 0.00737. The van der Waals surface area contributed by atoms with Gasteiger partial charge in [-0.3, -0.25) is 14.4 Å². The molecule has 5 atom stereocenters. The molecule has 5 rings (SSSR count). The molecule has 1 fully saturated rings. The number of methoxy groups -OCH3 is 1. The Morgan fingerprint density at radius 3 is 2.56 bits per heavy atom. The Kier molecular flexibility index (Phi) is 8.76. The molecule has 3 aliphatic rings. The fraction of sp³-hybridized carbons (Fsp3) is 0.433. The van der Waals surface area contributed by atoms with Crippen molar-refractivity contribution >= 4 is 18.1 Å². The van der Waals surface area contributed by atoms with Gasteiger partial charge in [-0.1, -0.05) is 0 Å². The SMILES string of the molecule is COc1cc(C=O)cc2c1O[C@@H]1[C@@H](O)[C@H](N(C[C@@H]3CCCO3)C(=O)c3ccc(C(F)(F)F)cc3)C=C(C(=O)NCCO)[C@H]21. The lowest BCUT2D eigenvalue weighted by atomic mass is 9.77. The Hall–Kier alpha value is -3.94. The zero-order valence-electron chi connectivity index (χ0n) is 23.2. The van der Waals surface area contributed by atoms with Crippen molar-refractivity contribution in [2.75, 3.05) is 33.4 Å². The van der Waals surface area contributed by atoms with Crippen LogP contribution in [0.3, 0.4) is 0 Å². The zero-order valence-corrected chi connectivity index (χ0v) is 23.2. The Morgan fingerprint density at radius 2 is 1.95 bits per heavy atom. The number of hydrogen-bond donors (Lipinski definition) is 3. The number of amides is 2. The summed E-state index contributed by atoms with van der Waals surface area (Å²) >= 11 is 0. The third-order valence-electron chi connectivity index (χ3n) is 7.92. The Morgan fingerprint density at radius 1 is 1.21 bits per heavy atom. The number of aldehydes is 1. The summed E-state index contributed by atoms with van der Waals surface area (Å²) in [7, 11) is 1.38. The van der Waals surface area contributed by atoms with Crippen molar-refractivity contribution in [3.63, 3.8) is 0 Å². The quantitative estimate of drug-likeness (QED) is 0.372. The first kappa shape index (κ1) is 30.5. The summed E-state index contributed by atoms with van der Waals surface area (Å²) in [5.74, 6) is -1.69. The van der Waals surface area contributed by atoms with E-state index in [1.165, 1.54) is 30.2 Å². The van der Waals surface area contributed by atoms with E-state index in [0.717, 1.165) is 30.7 Å². The van der Waals surface area contributed by atoms with Crippen LogP contribution < -0.4 is 14.8 Å². The maximum atomic E-state index is 13.9. The fourth-order valence-corrected chi connectivity index (χ4v) is 5.87. The lowest BCUT2D eigenvalue weighted by Crippen LogP contribution is -2.57. The third kappa shape index (κ3) is 5.97. The minimum atomic E-state index is -4.59. The van der Waals surface area contributed by atoms with Crippen LogP contribution in [0, 0.1) is 0 Å². The molecule has 0 bridgehead atoms. The average molecular weight is 605 g/mol. The maximum absolute atomic E-state index is 13.9. The van der Waals surface area contributed by atoms with Crippen LogP contribution in [0.1, 0.15) is 50.6 Å². The molecule has 2 amide bonds. The van der Waals surface area contributed by atoms with Crippen molar-refractivity contribution in [2.24, 2.45) is 0 Å². The molecular weight excluding hydrogens is 573 g/mol. The molecule has 0 aromatic heterocycles. The number of alkyl halides is 3. The normalized spacial score (nSPS) is 24.3. The van der Waals surface area contributed by atoms with E-state index in [1.807, 2.05) is 0 Å². The summed E-state index contributed by atoms with van der Waals surface area (Å²) in [5, 5.41) is 23.6. The molecule has 2 aromatic carbocycles. The number of hydrogen-bond acceptors (Lipinski definition) is 8. The van der Waals surface area contributed by atoms with Crippen molar-refractivity contribution in [1.29, 1.82) is 0 Å². The van der Waals surface area contributed by atoms with Crippen molar-refractivity contribution < 1.29 is 52.0 Å². The van der Waals surface area contributed by atoms with Gasteiger partial charge in [-0.05, 0) is 55.3 Å². The van der Waals surface area contributed by atoms with E-state index in [4.69, 9.17) is 14.2 Å². The van der Waals surface area contributed by atoms with E-state index < -0.39 is 53.8 Å². The topological polar surface area (TPSA) is 135 Å². The second kappa shape index (κ2) is 12.3. The summed E-state index contributed by atoms with van der Waals surface area (Å²) < 4.78 is 56.9. The lowest BCUT2D eigenvalue weighted by Gasteiger charge is -2.41. The van der Waals surface area contributed by atoms with Crippen molar-refractivity contribution in [2.45, 2.75) is 49.3 Å². The summed E-state index contributed by atoms with van der Waals surface area (Å²) in [6.45, 7) is 0.0443. The molecule has 2 aliphatic heterocycles. The first-order valence-electron chi connectivity index (χ1n) is 13.8. The number of aliphatic hydroxyl groups is 2. The van der Waals surface area contributed by atoms with Gasteiger partial charge in [0.25, 0.3) is 5.91 Å². The van der Waals surface area contributed by atoms with Crippen LogP contribution in [0.15, 0.2) is 48.0 Å². The molecule has 0 spiro atoms. The van der Waals surface area contributed by atoms with E-state index in [9.17, 15) is 37.8 Å². The van der Waals surface area contributed by atoms with Gasteiger partial charge in [-0.2, -0.15) is 13.2 Å². The molecule has 0 unspecified atom stereocenters. The third-order valence-corrected chi connectivity index (χ3v) is 7.92. The Bertz CT molecular complexity index is 1410. The van der Waals surface area contributed by atoms with Gasteiger partial charge in [0.05, 0.1) is 37.3 Å². The summed E-state index contributed by atoms with van der Waals surface area (Å²) in [5.41, 5.74) is -0.167. The van der Waals surface area contributed by atoms with Gasteiger partial charge in [0.2, 0.25) is 5.91 Å². The molecule has 230 valence electrons. The standard InChI is InChI=1S/C30H31F3N2O8/c1-41-23-12-16(15-37)11-20-24-21(28(39)34-8-9-36)13-22(25(38)27(24)43-26(20)23)35(14-19-3-2-10-42-19)29(40)17-4-6-18(7-5-17)30(31,32)33/h4-7,11-13,15,19,22,24-25,27,36,38H,2-3,8-10,14H2,1H3,(H,34,39)/t19-,22+,24-,25-,27-/m0/s1. The Labute approximate surface area is 245 Å². The molecular formula is C30H31F3N2O8. The van der Waals surface area contributed by atoms with Gasteiger partial charge in [0, 0.05) is 42.0 Å². The first-order chi connectivity index (χ1) is 20.6. The highest BCUT2D eigenvalue weighted by atomic mass is 19.4. The van der Waals surface area contributed by atoms with E-state index in [2.05, 4.69) is 5.32 Å². The number of halogens is 3. The first-order valence-corrected chi connectivity index (χ1v) is 13.8. The predicted octanol–water partition coefficient (Wildman–Crippen LogP) is 2.47. The van der Waals surface area contributed by atoms with Crippen LogP contribution >= 0.6 is 0 Å². The number of rotatable bonds is 9. The van der Waals surface area contributed by atoms with Crippen molar-refractivity contribution in [3.05, 3.63) is 70.3 Å². The number of nitrogens with one attached hydrogen (secondary N) is 1. The van der Waals surface area contributed by atoms with E-state index in [1.54, 1.807) is 0 Å². The highest BCUT2D eigenvalue weighted by Crippen LogP contribution is 2.51. The summed E-state index contributed by atoms with van der Waals surface area (Å²) in [6, 6.07) is 5.59. The zero-order chi connectivity index (χ0) is 30.9. The summed E-state index contributed by atoms with van der Waals surface area (Å²) in [6.07, 6.45) is -4.08. The molecule has 43 heavy (non-hydrogen) atoms. The van der Waals surface area contributed by atoms with Gasteiger partial charge in [-0.15, -0.1) is 0 Å². The van der Waals surface area contributed by atoms with Crippen LogP contribution in [0.2, 0.25) is 0 Å². The maximum Gasteiger partial charge on any atom is 0.416 e. The van der Waals surface area contributed by atoms with Gasteiger partial charge in [-0.25, -0.2) is 0 Å². The highest BCUT2D eigenvalue weighted by Gasteiger charge is 2.52. The number of fused-ring (bicyclic) bond motifs is 3. The number of benzene rings is 2. The van der Waals surface area contributed by atoms with Crippen LogP contribution in [-0.4, -0.2) is 91.0 Å². The monoisotopic (exact) mass is 604 g/mol. The number of ether oxygens (including phenoxy) is 3. The highest BCUT2D eigenvalue weighted by molar-refractivity contribution is 5.98. The van der Waals surface area contributed by atoms with Gasteiger partial charge in [0.1, 0.15) is 18.5 Å². The predicted molar refractivity (Wildman–Crippen MR) is 145 cm³/mol. The van der Waals surface area contributed by atoms with Gasteiger partial charge < -0.3 is 34.6 Å². The van der Waals surface area contributed by atoms with Crippen LogP contribution in [-0.2, 0) is 15.7 Å². The van der Waals surface area contributed by atoms with E-state index in [-0.39, 0.29) is 47.9 Å². The largest absolute Gasteiger partial charge is 0.493 e. The number of aliphatic hydroxyl groups excluding tert-OH is 2. The molecule has 1 saturated heterocycles. The molecule has 1 aliphatic carbocycles. The number of carbonyl (C=O) groups excluding carboxylic acids is 3. The van der Waals surface area contributed by atoms with Crippen LogP contribution in [0.5, 0.6) is 11.5 Å². The fourth-order valence-electron chi connectivity index (χ4n) is 5.87. The number of nitrogens with zero attached hydrogens (tertiary/aromatic N) is 1.